The lowest BCUT2D eigenvalue weighted by molar-refractivity contribution is 0.0740. The van der Waals surface area contributed by atoms with Gasteiger partial charge in [-0.15, -0.1) is 0 Å². The van der Waals surface area contributed by atoms with Crippen molar-refractivity contribution in [1.29, 1.82) is 0 Å². The normalized spacial score (nSPS) is 25.6. The SMILES string of the molecule is O=C(c1ccco1)N1CCC(N2CCCCC2)C1. The Morgan fingerprint density at radius 2 is 2.06 bits per heavy atom. The molecule has 0 N–H and O–H groups in total. The minimum absolute atomic E-state index is 0.0412. The zero-order chi connectivity index (χ0) is 12.4. The van der Waals surface area contributed by atoms with Crippen molar-refractivity contribution >= 4 is 5.91 Å². The van der Waals surface area contributed by atoms with Gasteiger partial charge in [-0.25, -0.2) is 0 Å². The summed E-state index contributed by atoms with van der Waals surface area (Å²) >= 11 is 0. The first-order chi connectivity index (χ1) is 8.84. The number of rotatable bonds is 2. The van der Waals surface area contributed by atoms with Gasteiger partial charge >= 0.3 is 0 Å². The quantitative estimate of drug-likeness (QED) is 0.803. The molecule has 18 heavy (non-hydrogen) atoms. The molecule has 1 unspecified atom stereocenters. The van der Waals surface area contributed by atoms with Gasteiger partial charge in [0.25, 0.3) is 5.91 Å². The minimum atomic E-state index is 0.0412. The highest BCUT2D eigenvalue weighted by Gasteiger charge is 2.31. The molecule has 4 heteroatoms. The Hall–Kier alpha value is -1.29. The molecule has 2 aliphatic heterocycles. The molecule has 2 fully saturated rings. The number of hydrogen-bond donors (Lipinski definition) is 0. The van der Waals surface area contributed by atoms with E-state index in [2.05, 4.69) is 4.90 Å². The highest BCUT2D eigenvalue weighted by Crippen LogP contribution is 2.21. The van der Waals surface area contributed by atoms with E-state index in [1.807, 2.05) is 4.90 Å². The van der Waals surface area contributed by atoms with Gasteiger partial charge in [0.1, 0.15) is 0 Å². The lowest BCUT2D eigenvalue weighted by Crippen LogP contribution is -2.41. The van der Waals surface area contributed by atoms with E-state index in [4.69, 9.17) is 4.42 Å². The molecule has 0 aliphatic carbocycles. The van der Waals surface area contributed by atoms with Gasteiger partial charge in [0.15, 0.2) is 5.76 Å². The van der Waals surface area contributed by atoms with Crippen molar-refractivity contribution in [2.24, 2.45) is 0 Å². The summed E-state index contributed by atoms with van der Waals surface area (Å²) in [6.45, 7) is 4.13. The Morgan fingerprint density at radius 1 is 1.22 bits per heavy atom. The van der Waals surface area contributed by atoms with Gasteiger partial charge in [0.05, 0.1) is 6.26 Å². The Morgan fingerprint density at radius 3 is 2.78 bits per heavy atom. The highest BCUT2D eigenvalue weighted by atomic mass is 16.3. The largest absolute Gasteiger partial charge is 0.459 e. The van der Waals surface area contributed by atoms with Crippen molar-refractivity contribution < 1.29 is 9.21 Å². The van der Waals surface area contributed by atoms with Crippen LogP contribution in [0.4, 0.5) is 0 Å². The summed E-state index contributed by atoms with van der Waals surface area (Å²) in [5.41, 5.74) is 0. The summed E-state index contributed by atoms with van der Waals surface area (Å²) in [6, 6.07) is 4.08. The third kappa shape index (κ3) is 2.29. The molecule has 2 aliphatic rings. The molecule has 0 bridgehead atoms. The molecule has 2 saturated heterocycles. The molecule has 1 atom stereocenters. The zero-order valence-corrected chi connectivity index (χ0v) is 10.7. The third-order valence-electron chi connectivity index (χ3n) is 4.09. The molecule has 0 aromatic carbocycles. The van der Waals surface area contributed by atoms with Gasteiger partial charge in [-0.05, 0) is 44.5 Å². The van der Waals surface area contributed by atoms with E-state index in [9.17, 15) is 4.79 Å². The van der Waals surface area contributed by atoms with Crippen LogP contribution in [0.1, 0.15) is 36.2 Å². The predicted molar refractivity (Wildman–Crippen MR) is 68.4 cm³/mol. The van der Waals surface area contributed by atoms with E-state index >= 15 is 0 Å². The topological polar surface area (TPSA) is 36.7 Å². The number of furan rings is 1. The summed E-state index contributed by atoms with van der Waals surface area (Å²) in [7, 11) is 0. The van der Waals surface area contributed by atoms with Crippen LogP contribution in [0.15, 0.2) is 22.8 Å². The van der Waals surface area contributed by atoms with Crippen LogP contribution in [0, 0.1) is 0 Å². The van der Waals surface area contributed by atoms with Gasteiger partial charge in [-0.2, -0.15) is 0 Å². The molecule has 0 spiro atoms. The van der Waals surface area contributed by atoms with Crippen molar-refractivity contribution in [3.8, 4) is 0 Å². The van der Waals surface area contributed by atoms with Crippen LogP contribution >= 0.6 is 0 Å². The maximum Gasteiger partial charge on any atom is 0.289 e. The fraction of sp³-hybridized carbons (Fsp3) is 0.643. The van der Waals surface area contributed by atoms with E-state index in [-0.39, 0.29) is 5.91 Å². The van der Waals surface area contributed by atoms with E-state index in [1.54, 1.807) is 18.4 Å². The highest BCUT2D eigenvalue weighted by molar-refractivity contribution is 5.91. The number of nitrogens with zero attached hydrogens (tertiary/aromatic N) is 2. The molecule has 1 aromatic rings. The lowest BCUT2D eigenvalue weighted by Gasteiger charge is -2.32. The van der Waals surface area contributed by atoms with Crippen LogP contribution in [0.3, 0.4) is 0 Å². The van der Waals surface area contributed by atoms with E-state index < -0.39 is 0 Å². The summed E-state index contributed by atoms with van der Waals surface area (Å²) in [4.78, 5) is 16.6. The average molecular weight is 248 g/mol. The van der Waals surface area contributed by atoms with Crippen molar-refractivity contribution in [3.63, 3.8) is 0 Å². The van der Waals surface area contributed by atoms with E-state index in [0.717, 1.165) is 19.5 Å². The van der Waals surface area contributed by atoms with Crippen LogP contribution in [-0.2, 0) is 0 Å². The Kier molecular flexibility index (Phi) is 3.37. The molecule has 0 radical (unpaired) electrons. The maximum absolute atomic E-state index is 12.2. The van der Waals surface area contributed by atoms with Crippen LogP contribution in [-0.4, -0.2) is 47.9 Å². The molecule has 0 saturated carbocycles. The lowest BCUT2D eigenvalue weighted by atomic mass is 10.1. The standard InChI is InChI=1S/C14H20N2O2/c17-14(13-5-4-10-18-13)16-9-6-12(11-16)15-7-2-1-3-8-15/h4-5,10,12H,1-3,6-9,11H2. The molecule has 3 heterocycles. The summed E-state index contributed by atoms with van der Waals surface area (Å²) in [5, 5.41) is 0. The molecular weight excluding hydrogens is 228 g/mol. The molecule has 98 valence electrons. The minimum Gasteiger partial charge on any atom is -0.459 e. The first kappa shape index (κ1) is 11.8. The number of hydrogen-bond acceptors (Lipinski definition) is 3. The number of amides is 1. The summed E-state index contributed by atoms with van der Waals surface area (Å²) < 4.78 is 5.18. The number of piperidine rings is 1. The summed E-state index contributed by atoms with van der Waals surface area (Å²) in [5.74, 6) is 0.508. The van der Waals surface area contributed by atoms with E-state index in [0.29, 0.717) is 11.8 Å². The molecule has 4 nitrogen and oxygen atoms in total. The average Bonchev–Trinajstić information content (AvgIpc) is 3.10. The van der Waals surface area contributed by atoms with Crippen LogP contribution in [0.2, 0.25) is 0 Å². The van der Waals surface area contributed by atoms with Gasteiger partial charge in [0, 0.05) is 19.1 Å². The van der Waals surface area contributed by atoms with Crippen molar-refractivity contribution in [3.05, 3.63) is 24.2 Å². The third-order valence-corrected chi connectivity index (χ3v) is 4.09. The Balaban J connectivity index is 1.59. The van der Waals surface area contributed by atoms with Crippen molar-refractivity contribution in [1.82, 2.24) is 9.80 Å². The van der Waals surface area contributed by atoms with Crippen LogP contribution in [0.25, 0.3) is 0 Å². The van der Waals surface area contributed by atoms with E-state index in [1.165, 1.54) is 32.4 Å². The first-order valence-electron chi connectivity index (χ1n) is 6.91. The molecular formula is C14H20N2O2. The predicted octanol–water partition coefficient (Wildman–Crippen LogP) is 1.98. The van der Waals surface area contributed by atoms with Gasteiger partial charge < -0.3 is 9.32 Å². The van der Waals surface area contributed by atoms with Gasteiger partial charge in [-0.3, -0.25) is 9.69 Å². The number of carbonyl (C=O) groups is 1. The fourth-order valence-electron chi connectivity index (χ4n) is 3.06. The molecule has 3 rings (SSSR count). The summed E-state index contributed by atoms with van der Waals surface area (Å²) in [6.07, 6.45) is 6.64. The zero-order valence-electron chi connectivity index (χ0n) is 10.7. The van der Waals surface area contributed by atoms with Gasteiger partial charge in [-0.1, -0.05) is 6.42 Å². The molecule has 1 aromatic heterocycles. The van der Waals surface area contributed by atoms with Crippen LogP contribution < -0.4 is 0 Å². The first-order valence-corrected chi connectivity index (χ1v) is 6.91. The number of likely N-dealkylation sites (tertiary alicyclic amines) is 2. The van der Waals surface area contributed by atoms with Crippen molar-refractivity contribution in [2.45, 2.75) is 31.7 Å². The Labute approximate surface area is 108 Å². The monoisotopic (exact) mass is 248 g/mol. The second-order valence-electron chi connectivity index (χ2n) is 5.27. The molecule has 1 amide bonds. The Bertz CT molecular complexity index is 396. The second-order valence-corrected chi connectivity index (χ2v) is 5.27. The fourth-order valence-corrected chi connectivity index (χ4v) is 3.06. The maximum atomic E-state index is 12.2. The van der Waals surface area contributed by atoms with Crippen molar-refractivity contribution in [2.75, 3.05) is 26.2 Å². The van der Waals surface area contributed by atoms with Gasteiger partial charge in [0.2, 0.25) is 0 Å². The smallest absolute Gasteiger partial charge is 0.289 e. The second kappa shape index (κ2) is 5.14. The van der Waals surface area contributed by atoms with Crippen LogP contribution in [0.5, 0.6) is 0 Å². The number of carbonyl (C=O) groups excluding carboxylic acids is 1.